The van der Waals surface area contributed by atoms with E-state index in [-0.39, 0.29) is 11.9 Å². The lowest BCUT2D eigenvalue weighted by Crippen LogP contribution is -2.39. The largest absolute Gasteiger partial charge is 0.465 e. The zero-order valence-corrected chi connectivity index (χ0v) is 39.6. The van der Waals surface area contributed by atoms with Gasteiger partial charge < -0.3 is 9.47 Å². The van der Waals surface area contributed by atoms with Crippen molar-refractivity contribution in [2.75, 3.05) is 31.0 Å². The van der Waals surface area contributed by atoms with Crippen LogP contribution in [0.25, 0.3) is 0 Å². The third kappa shape index (κ3) is 6.37. The minimum atomic E-state index is 0.0236. The van der Waals surface area contributed by atoms with Crippen LogP contribution in [-0.4, -0.2) is 69.0 Å². The molecular weight excluding hydrogens is 821 g/mol. The fourth-order valence-electron chi connectivity index (χ4n) is 21.2. The molecule has 13 fully saturated rings. The van der Waals surface area contributed by atoms with Crippen LogP contribution in [0.15, 0.2) is 0 Å². The second kappa shape index (κ2) is 15.5. The Labute approximate surface area is 377 Å². The van der Waals surface area contributed by atoms with Crippen LogP contribution >= 0.6 is 47.0 Å². The van der Waals surface area contributed by atoms with Gasteiger partial charge in [-0.3, -0.25) is 14.4 Å². The number of carbonyl (C=O) groups excluding carboxylic acids is 3. The number of carbonyl (C=O) groups is 3. The van der Waals surface area contributed by atoms with Crippen LogP contribution in [0.4, 0.5) is 0 Å². The van der Waals surface area contributed by atoms with Gasteiger partial charge in [-0.15, -0.1) is 0 Å². The molecule has 13 aliphatic carbocycles. The molecule has 0 aromatic rings. The monoisotopic (exact) mass is 892 g/mol. The van der Waals surface area contributed by atoms with E-state index in [1.807, 2.05) is 0 Å². The quantitative estimate of drug-likeness (QED) is 0.125. The van der Waals surface area contributed by atoms with Crippen molar-refractivity contribution in [2.24, 2.45) is 130 Å². The highest BCUT2D eigenvalue weighted by molar-refractivity contribution is 8.14. The van der Waals surface area contributed by atoms with Crippen molar-refractivity contribution in [1.82, 2.24) is 0 Å². The summed E-state index contributed by atoms with van der Waals surface area (Å²) in [5.74, 6) is 21.7. The first kappa shape index (κ1) is 40.3. The van der Waals surface area contributed by atoms with Crippen molar-refractivity contribution in [1.29, 1.82) is 0 Å². The maximum Gasteiger partial charge on any atom is 0.306 e. The molecule has 330 valence electrons. The summed E-state index contributed by atoms with van der Waals surface area (Å²) in [4.78, 5) is 37.9. The van der Waals surface area contributed by atoms with Crippen LogP contribution in [0.3, 0.4) is 0 Å². The van der Waals surface area contributed by atoms with Gasteiger partial charge in [0.25, 0.3) is 0 Å². The average molecular weight is 893 g/mol. The molecule has 0 N–H and O–H groups in total. The predicted molar refractivity (Wildman–Crippen MR) is 244 cm³/mol. The third-order valence-corrected chi connectivity index (χ3v) is 27.1. The Balaban J connectivity index is 0.512. The molecule has 60 heavy (non-hydrogen) atoms. The highest BCUT2D eigenvalue weighted by Crippen LogP contribution is 2.76. The molecule has 0 radical (unpaired) electrons. The topological polar surface area (TPSA) is 69.7 Å². The molecule has 0 spiro atoms. The van der Waals surface area contributed by atoms with Crippen LogP contribution in [0.1, 0.15) is 110 Å². The number of hydrogen-bond acceptors (Lipinski definition) is 9. The summed E-state index contributed by atoms with van der Waals surface area (Å²) in [6.07, 6.45) is 22.9. The molecule has 0 heterocycles. The molecule has 5 nitrogen and oxygen atoms in total. The van der Waals surface area contributed by atoms with Crippen molar-refractivity contribution >= 4 is 64.1 Å². The summed E-state index contributed by atoms with van der Waals surface area (Å²) in [6, 6.07) is 0. The first-order valence-corrected chi connectivity index (χ1v) is 29.8. The Kier molecular flexibility index (Phi) is 10.4. The Bertz CT molecular complexity index is 1720. The van der Waals surface area contributed by atoms with Gasteiger partial charge in [-0.2, -0.15) is 35.3 Å². The second-order valence-corrected chi connectivity index (χ2v) is 29.2. The van der Waals surface area contributed by atoms with Crippen LogP contribution in [0, 0.1) is 130 Å². The van der Waals surface area contributed by atoms with E-state index in [1.54, 1.807) is 31.5 Å². The number of thioether (sulfide) groups is 4. The maximum atomic E-state index is 13.0. The minimum absolute atomic E-state index is 0.0236. The van der Waals surface area contributed by atoms with E-state index in [4.69, 9.17) is 9.47 Å². The van der Waals surface area contributed by atoms with Crippen molar-refractivity contribution in [3.8, 4) is 0 Å². The average Bonchev–Trinajstić information content (AvgIpc) is 4.05. The summed E-state index contributed by atoms with van der Waals surface area (Å²) < 4.78 is 12.0. The number of esters is 2. The predicted octanol–water partition coefficient (Wildman–Crippen LogP) is 10.6. The van der Waals surface area contributed by atoms with Crippen LogP contribution in [0.5, 0.6) is 0 Å². The summed E-state index contributed by atoms with van der Waals surface area (Å²) in [5.41, 5.74) is 0. The maximum absolute atomic E-state index is 13.0. The molecule has 0 aromatic carbocycles. The van der Waals surface area contributed by atoms with E-state index < -0.39 is 0 Å². The molecule has 9 heteroatoms. The van der Waals surface area contributed by atoms with E-state index in [9.17, 15) is 14.4 Å². The van der Waals surface area contributed by atoms with E-state index in [0.717, 1.165) is 140 Å². The normalized spacial score (nSPS) is 55.8. The molecule has 0 saturated heterocycles. The molecule has 13 rings (SSSR count). The van der Waals surface area contributed by atoms with E-state index in [2.05, 4.69) is 41.5 Å². The van der Waals surface area contributed by atoms with E-state index >= 15 is 0 Å². The molecule has 13 saturated carbocycles. The smallest absolute Gasteiger partial charge is 0.306 e. The molecule has 0 aliphatic heterocycles. The number of ether oxygens (including phenoxy) is 2. The first-order valence-electron chi connectivity index (χ1n) is 25.5. The van der Waals surface area contributed by atoms with Crippen LogP contribution < -0.4 is 0 Å². The van der Waals surface area contributed by atoms with Crippen molar-refractivity contribution < 1.29 is 23.9 Å². The van der Waals surface area contributed by atoms with Gasteiger partial charge in [-0.1, -0.05) is 11.8 Å². The standard InChI is InChI=1S/C51H72O5S4/c1-23(52)60-30-17-36-37(18-30)41-20-39(36)49-27-12-43(51(41)49)45(14-27)59-6-4-46(53)55-21-24-7-31-25-9-28(32(10-25)33(31)8-24)22-56-47(54)3-5-58-29-15-34-35(16-29)40-19-38(34)48-26-11-42(50(40)48)44(13-26)57-2/h24-45,48-51H,3-22H2,1-2H3. The lowest BCUT2D eigenvalue weighted by atomic mass is 9.64. The Morgan fingerprint density at radius 3 is 1.65 bits per heavy atom. The van der Waals surface area contributed by atoms with Gasteiger partial charge in [-0.25, -0.2) is 0 Å². The highest BCUT2D eigenvalue weighted by Gasteiger charge is 2.70. The van der Waals surface area contributed by atoms with Gasteiger partial charge in [0, 0.05) is 39.4 Å². The lowest BCUT2D eigenvalue weighted by Gasteiger charge is -2.43. The summed E-state index contributed by atoms with van der Waals surface area (Å²) in [5, 5.41) is 3.38. The van der Waals surface area contributed by atoms with Crippen molar-refractivity contribution in [2.45, 2.75) is 131 Å². The fraction of sp³-hybridized carbons (Fsp3) is 0.941. The molecule has 26 unspecified atom stereocenters. The van der Waals surface area contributed by atoms with Crippen molar-refractivity contribution in [3.63, 3.8) is 0 Å². The molecule has 0 amide bonds. The summed E-state index contributed by atoms with van der Waals surface area (Å²) >= 11 is 8.03. The summed E-state index contributed by atoms with van der Waals surface area (Å²) in [7, 11) is 0. The van der Waals surface area contributed by atoms with Crippen LogP contribution in [0.2, 0.25) is 0 Å². The molecule has 0 aromatic heterocycles. The van der Waals surface area contributed by atoms with Gasteiger partial charge in [-0.05, 0) is 226 Å². The second-order valence-electron chi connectivity index (χ2n) is 23.9. The zero-order chi connectivity index (χ0) is 40.1. The first-order chi connectivity index (χ1) is 29.3. The van der Waals surface area contributed by atoms with Crippen molar-refractivity contribution in [3.05, 3.63) is 0 Å². The minimum Gasteiger partial charge on any atom is -0.465 e. The molecule has 10 bridgehead atoms. The summed E-state index contributed by atoms with van der Waals surface area (Å²) in [6.45, 7) is 3.01. The lowest BCUT2D eigenvalue weighted by molar-refractivity contribution is -0.145. The van der Waals surface area contributed by atoms with Gasteiger partial charge in [0.1, 0.15) is 0 Å². The van der Waals surface area contributed by atoms with E-state index in [1.165, 1.54) is 77.0 Å². The van der Waals surface area contributed by atoms with Gasteiger partial charge in [0.15, 0.2) is 5.12 Å². The molecule has 26 atom stereocenters. The number of hydrogen-bond donors (Lipinski definition) is 0. The number of rotatable bonds is 14. The number of fused-ring (bicyclic) bond motifs is 29. The van der Waals surface area contributed by atoms with Gasteiger partial charge in [0.2, 0.25) is 0 Å². The Hall–Kier alpha value is 0.01000. The van der Waals surface area contributed by atoms with Crippen LogP contribution in [-0.2, 0) is 23.9 Å². The third-order valence-electron chi connectivity index (χ3n) is 22.2. The molecule has 13 aliphatic rings. The van der Waals surface area contributed by atoms with Gasteiger partial charge >= 0.3 is 11.9 Å². The van der Waals surface area contributed by atoms with E-state index in [0.29, 0.717) is 54.2 Å². The van der Waals surface area contributed by atoms with Gasteiger partial charge in [0.05, 0.1) is 26.1 Å². The Morgan fingerprint density at radius 2 is 1.00 bits per heavy atom. The zero-order valence-electron chi connectivity index (χ0n) is 36.3. The fourth-order valence-corrected chi connectivity index (χ4v) is 26.2. The Morgan fingerprint density at radius 1 is 0.467 bits per heavy atom. The highest BCUT2D eigenvalue weighted by atomic mass is 32.2. The molecular formula is C51H72O5S4. The SMILES string of the molecule is CSC1CC2CC1C1C3CC(C4CC(SCCC(=O)OCC5CC6CC5C5CC(COC(=O)CCSC7CC8CC7C7C9CC(C%10CC(SC(C)=O)CC%109)C87)CC65)CC43)C21.